The second-order valence-electron chi connectivity index (χ2n) is 5.04. The Kier molecular flexibility index (Phi) is 5.85. The molecule has 0 unspecified atom stereocenters. The van der Waals surface area contributed by atoms with Crippen molar-refractivity contribution in [3.8, 4) is 0 Å². The van der Waals surface area contributed by atoms with Crippen LogP contribution in [0.5, 0.6) is 0 Å². The average Bonchev–Trinajstić information content (AvgIpc) is 2.86. The summed E-state index contributed by atoms with van der Waals surface area (Å²) < 4.78 is 5.07. The molecule has 1 aromatic carbocycles. The minimum atomic E-state index is -0.718. The minimum Gasteiger partial charge on any atom is -0.461 e. The zero-order valence-corrected chi connectivity index (χ0v) is 12.5. The molecule has 2 rings (SSSR count). The smallest absolute Gasteiger partial charge is 0.333 e. The summed E-state index contributed by atoms with van der Waals surface area (Å²) in [5.74, 6) is -2.18. The third-order valence-electron chi connectivity index (χ3n) is 3.20. The number of imide groups is 1. The van der Waals surface area contributed by atoms with Crippen molar-refractivity contribution in [1.82, 2.24) is 5.06 Å². The van der Waals surface area contributed by atoms with E-state index in [9.17, 15) is 19.2 Å². The molecule has 0 spiro atoms. The van der Waals surface area contributed by atoms with Crippen LogP contribution in [-0.4, -0.2) is 28.8 Å². The van der Waals surface area contributed by atoms with Gasteiger partial charge in [0, 0.05) is 25.7 Å². The predicted molar refractivity (Wildman–Crippen MR) is 77.3 cm³/mol. The van der Waals surface area contributed by atoms with Gasteiger partial charge in [-0.3, -0.25) is 14.4 Å². The van der Waals surface area contributed by atoms with E-state index >= 15 is 0 Å². The number of rotatable bonds is 7. The lowest BCUT2D eigenvalue weighted by molar-refractivity contribution is -0.197. The summed E-state index contributed by atoms with van der Waals surface area (Å²) in [7, 11) is 0. The zero-order chi connectivity index (χ0) is 16.7. The highest BCUT2D eigenvalue weighted by Crippen LogP contribution is 2.13. The molecule has 0 bridgehead atoms. The molecule has 0 aromatic heterocycles. The molecule has 0 radical (unpaired) electrons. The monoisotopic (exact) mass is 319 g/mol. The lowest BCUT2D eigenvalue weighted by Gasteiger charge is -2.12. The Morgan fingerprint density at radius 2 is 1.57 bits per heavy atom. The van der Waals surface area contributed by atoms with Gasteiger partial charge in [0.05, 0.1) is 0 Å². The number of esters is 1. The van der Waals surface area contributed by atoms with Gasteiger partial charge in [-0.15, -0.1) is 5.06 Å². The third-order valence-corrected chi connectivity index (χ3v) is 3.20. The van der Waals surface area contributed by atoms with Crippen molar-refractivity contribution in [2.75, 3.05) is 0 Å². The van der Waals surface area contributed by atoms with Crippen LogP contribution in [0, 0.1) is 0 Å². The summed E-state index contributed by atoms with van der Waals surface area (Å²) in [6, 6.07) is 9.25. The fourth-order valence-electron chi connectivity index (χ4n) is 1.99. The molecule has 23 heavy (non-hydrogen) atoms. The van der Waals surface area contributed by atoms with E-state index in [4.69, 9.17) is 9.57 Å². The predicted octanol–water partition coefficient (Wildman–Crippen LogP) is 1.51. The number of nitrogens with zero attached hydrogens (tertiary/aromatic N) is 1. The molecule has 1 aliphatic rings. The lowest BCUT2D eigenvalue weighted by atomic mass is 10.2. The van der Waals surface area contributed by atoms with Crippen molar-refractivity contribution in [3.63, 3.8) is 0 Å². The maximum absolute atomic E-state index is 11.6. The largest absolute Gasteiger partial charge is 0.461 e. The average molecular weight is 319 g/mol. The molecule has 1 fully saturated rings. The first-order chi connectivity index (χ1) is 11.1. The fourth-order valence-corrected chi connectivity index (χ4v) is 1.99. The first-order valence-corrected chi connectivity index (χ1v) is 7.32. The van der Waals surface area contributed by atoms with Gasteiger partial charge in [0.25, 0.3) is 11.8 Å². The van der Waals surface area contributed by atoms with Crippen molar-refractivity contribution in [2.24, 2.45) is 0 Å². The van der Waals surface area contributed by atoms with E-state index in [2.05, 4.69) is 0 Å². The topological polar surface area (TPSA) is 90.0 Å². The fraction of sp³-hybridized carbons (Fsp3) is 0.375. The van der Waals surface area contributed by atoms with Gasteiger partial charge in [0.1, 0.15) is 6.61 Å². The number of hydroxylamine groups is 2. The first-order valence-electron chi connectivity index (χ1n) is 7.32. The molecule has 122 valence electrons. The van der Waals surface area contributed by atoms with Crippen LogP contribution in [0.2, 0.25) is 0 Å². The highest BCUT2D eigenvalue weighted by atomic mass is 16.7. The maximum Gasteiger partial charge on any atom is 0.333 e. The summed E-state index contributed by atoms with van der Waals surface area (Å²) in [6.45, 7) is 0.181. The normalized spacial score (nSPS) is 14.0. The second kappa shape index (κ2) is 8.07. The number of carbonyl (C=O) groups excluding carboxylic acids is 4. The summed E-state index contributed by atoms with van der Waals surface area (Å²) in [5, 5.41) is 0.496. The Bertz CT molecular complexity index is 582. The summed E-state index contributed by atoms with van der Waals surface area (Å²) in [4.78, 5) is 50.3. The van der Waals surface area contributed by atoms with Crippen molar-refractivity contribution in [1.29, 1.82) is 0 Å². The summed E-state index contributed by atoms with van der Waals surface area (Å²) in [6.07, 6.45) is 0.319. The SMILES string of the molecule is O=C(CCCC(=O)ON1C(=O)CCC1=O)OCc1ccccc1. The molecule has 0 saturated carbocycles. The Morgan fingerprint density at radius 3 is 2.22 bits per heavy atom. The molecule has 0 N–H and O–H groups in total. The van der Waals surface area contributed by atoms with Gasteiger partial charge < -0.3 is 9.57 Å². The van der Waals surface area contributed by atoms with Crippen LogP contribution >= 0.6 is 0 Å². The molecule has 0 atom stereocenters. The van der Waals surface area contributed by atoms with Crippen molar-refractivity contribution in [3.05, 3.63) is 35.9 Å². The second-order valence-corrected chi connectivity index (χ2v) is 5.04. The highest BCUT2D eigenvalue weighted by Gasteiger charge is 2.32. The van der Waals surface area contributed by atoms with Crippen LogP contribution in [0.4, 0.5) is 0 Å². The van der Waals surface area contributed by atoms with Crippen LogP contribution in [0.25, 0.3) is 0 Å². The van der Waals surface area contributed by atoms with Gasteiger partial charge in [0.15, 0.2) is 0 Å². The minimum absolute atomic E-state index is 0.0535. The van der Waals surface area contributed by atoms with E-state index in [0.29, 0.717) is 5.06 Å². The molecule has 1 saturated heterocycles. The van der Waals surface area contributed by atoms with Crippen molar-refractivity contribution < 1.29 is 28.8 Å². The number of hydrogen-bond donors (Lipinski definition) is 0. The Morgan fingerprint density at radius 1 is 0.957 bits per heavy atom. The number of amides is 2. The van der Waals surface area contributed by atoms with E-state index in [1.165, 1.54) is 0 Å². The Hall–Kier alpha value is -2.70. The van der Waals surface area contributed by atoms with Gasteiger partial charge in [0.2, 0.25) is 0 Å². The van der Waals surface area contributed by atoms with Crippen LogP contribution in [0.3, 0.4) is 0 Å². The number of hydrogen-bond acceptors (Lipinski definition) is 6. The summed E-state index contributed by atoms with van der Waals surface area (Å²) >= 11 is 0. The van der Waals surface area contributed by atoms with Crippen LogP contribution in [0.15, 0.2) is 30.3 Å². The van der Waals surface area contributed by atoms with E-state index in [1.54, 1.807) is 0 Å². The van der Waals surface area contributed by atoms with Crippen LogP contribution < -0.4 is 0 Å². The highest BCUT2D eigenvalue weighted by molar-refractivity contribution is 6.01. The molecule has 1 aliphatic heterocycles. The number of ether oxygens (including phenoxy) is 1. The lowest BCUT2D eigenvalue weighted by Crippen LogP contribution is -2.32. The van der Waals surface area contributed by atoms with Crippen molar-refractivity contribution in [2.45, 2.75) is 38.7 Å². The quantitative estimate of drug-likeness (QED) is 0.559. The standard InChI is InChI=1S/C16H17NO6/c18-13-9-10-14(19)17(13)23-16(21)8-4-7-15(20)22-11-12-5-2-1-3-6-12/h1-3,5-6H,4,7-11H2. The van der Waals surface area contributed by atoms with E-state index in [0.717, 1.165) is 5.56 Å². The van der Waals surface area contributed by atoms with Gasteiger partial charge >= 0.3 is 11.9 Å². The molecule has 2 amide bonds. The zero-order valence-electron chi connectivity index (χ0n) is 12.5. The Labute approximate surface area is 133 Å². The maximum atomic E-state index is 11.6. The molecule has 7 heteroatoms. The summed E-state index contributed by atoms with van der Waals surface area (Å²) in [5.41, 5.74) is 0.881. The molecule has 1 aromatic rings. The molecule has 1 heterocycles. The van der Waals surface area contributed by atoms with Gasteiger partial charge in [-0.1, -0.05) is 30.3 Å². The van der Waals surface area contributed by atoms with Gasteiger partial charge in [-0.2, -0.15) is 0 Å². The van der Waals surface area contributed by atoms with E-state index in [-0.39, 0.29) is 38.7 Å². The molecule has 0 aliphatic carbocycles. The van der Waals surface area contributed by atoms with Gasteiger partial charge in [-0.25, -0.2) is 4.79 Å². The van der Waals surface area contributed by atoms with E-state index in [1.807, 2.05) is 30.3 Å². The first kappa shape index (κ1) is 16.7. The van der Waals surface area contributed by atoms with Crippen LogP contribution in [-0.2, 0) is 35.4 Å². The third kappa shape index (κ3) is 5.21. The van der Waals surface area contributed by atoms with Crippen LogP contribution in [0.1, 0.15) is 37.7 Å². The molecule has 7 nitrogen and oxygen atoms in total. The van der Waals surface area contributed by atoms with Crippen molar-refractivity contribution >= 4 is 23.8 Å². The molecular formula is C16H17NO6. The Balaban J connectivity index is 1.62. The molecular weight excluding hydrogens is 302 g/mol. The van der Waals surface area contributed by atoms with Gasteiger partial charge in [-0.05, 0) is 12.0 Å². The number of carbonyl (C=O) groups is 4. The number of benzene rings is 1. The van der Waals surface area contributed by atoms with E-state index < -0.39 is 23.8 Å².